The third-order valence-corrected chi connectivity index (χ3v) is 2.27. The van der Waals surface area contributed by atoms with Gasteiger partial charge in [-0.2, -0.15) is 0 Å². The average molecular weight is 160 g/mol. The Morgan fingerprint density at radius 2 is 2.00 bits per heavy atom. The maximum absolute atomic E-state index is 7.38. The number of rotatable bonds is 2. The standard InChI is InChI=1S/C10H12N2/c11-10(12)9-4-2-1-3-8(9)7-5-6-7/h1-4,7H,5-6H2,(H3,11,12). The van der Waals surface area contributed by atoms with Crippen LogP contribution >= 0.6 is 0 Å². The van der Waals surface area contributed by atoms with Crippen LogP contribution in [0.4, 0.5) is 0 Å². The molecular weight excluding hydrogens is 148 g/mol. The van der Waals surface area contributed by atoms with Crippen LogP contribution in [-0.2, 0) is 0 Å². The van der Waals surface area contributed by atoms with Crippen LogP contribution in [0.25, 0.3) is 0 Å². The summed E-state index contributed by atoms with van der Waals surface area (Å²) in [5, 5.41) is 7.38. The number of nitrogen functional groups attached to an aromatic ring is 1. The molecule has 0 unspecified atom stereocenters. The van der Waals surface area contributed by atoms with Gasteiger partial charge in [0.2, 0.25) is 0 Å². The van der Waals surface area contributed by atoms with Gasteiger partial charge in [-0.25, -0.2) is 0 Å². The van der Waals surface area contributed by atoms with Crippen LogP contribution in [0, 0.1) is 5.41 Å². The summed E-state index contributed by atoms with van der Waals surface area (Å²) in [7, 11) is 0. The summed E-state index contributed by atoms with van der Waals surface area (Å²) in [5.41, 5.74) is 7.63. The van der Waals surface area contributed by atoms with E-state index >= 15 is 0 Å². The summed E-state index contributed by atoms with van der Waals surface area (Å²) in [6.07, 6.45) is 2.51. The van der Waals surface area contributed by atoms with Crippen LogP contribution in [0.3, 0.4) is 0 Å². The Morgan fingerprint density at radius 3 is 2.58 bits per heavy atom. The molecule has 1 aromatic rings. The highest BCUT2D eigenvalue weighted by molar-refractivity contribution is 5.96. The SMILES string of the molecule is N=C(N)c1ccccc1C1CC1. The highest BCUT2D eigenvalue weighted by Gasteiger charge is 2.25. The molecule has 1 aliphatic rings. The van der Waals surface area contributed by atoms with Crippen molar-refractivity contribution in [2.75, 3.05) is 0 Å². The first kappa shape index (κ1) is 7.35. The third kappa shape index (κ3) is 1.20. The third-order valence-electron chi connectivity index (χ3n) is 2.27. The van der Waals surface area contributed by atoms with Crippen LogP contribution in [0.5, 0.6) is 0 Å². The highest BCUT2D eigenvalue weighted by Crippen LogP contribution is 2.41. The topological polar surface area (TPSA) is 49.9 Å². The van der Waals surface area contributed by atoms with Gasteiger partial charge < -0.3 is 5.73 Å². The zero-order valence-electron chi connectivity index (χ0n) is 6.88. The van der Waals surface area contributed by atoms with Crippen molar-refractivity contribution >= 4 is 5.84 Å². The lowest BCUT2D eigenvalue weighted by Gasteiger charge is -2.05. The molecule has 2 rings (SSSR count). The first-order valence-electron chi connectivity index (χ1n) is 4.22. The molecule has 12 heavy (non-hydrogen) atoms. The fourth-order valence-corrected chi connectivity index (χ4v) is 1.49. The van der Waals surface area contributed by atoms with E-state index in [1.807, 2.05) is 18.2 Å². The minimum atomic E-state index is 0.192. The van der Waals surface area contributed by atoms with E-state index in [1.165, 1.54) is 18.4 Å². The van der Waals surface area contributed by atoms with Crippen LogP contribution in [-0.4, -0.2) is 5.84 Å². The normalized spacial score (nSPS) is 16.0. The smallest absolute Gasteiger partial charge is 0.123 e. The Labute approximate surface area is 71.9 Å². The van der Waals surface area contributed by atoms with E-state index in [2.05, 4.69) is 6.07 Å². The highest BCUT2D eigenvalue weighted by atomic mass is 14.7. The van der Waals surface area contributed by atoms with Crippen molar-refractivity contribution in [2.24, 2.45) is 5.73 Å². The second-order valence-electron chi connectivity index (χ2n) is 3.28. The van der Waals surface area contributed by atoms with Crippen molar-refractivity contribution in [3.8, 4) is 0 Å². The molecule has 0 radical (unpaired) electrons. The summed E-state index contributed by atoms with van der Waals surface area (Å²) in [4.78, 5) is 0. The molecule has 2 heteroatoms. The van der Waals surface area contributed by atoms with Crippen molar-refractivity contribution in [1.82, 2.24) is 0 Å². The molecule has 0 atom stereocenters. The molecule has 1 saturated carbocycles. The van der Waals surface area contributed by atoms with Gasteiger partial charge in [0.05, 0.1) is 0 Å². The van der Waals surface area contributed by atoms with Crippen molar-refractivity contribution < 1.29 is 0 Å². The predicted molar refractivity (Wildman–Crippen MR) is 49.4 cm³/mol. The van der Waals surface area contributed by atoms with E-state index in [4.69, 9.17) is 11.1 Å². The molecule has 1 aliphatic carbocycles. The Balaban J connectivity index is 2.43. The van der Waals surface area contributed by atoms with Crippen LogP contribution in [0.2, 0.25) is 0 Å². The van der Waals surface area contributed by atoms with Gasteiger partial charge in [-0.1, -0.05) is 24.3 Å². The van der Waals surface area contributed by atoms with E-state index in [0.717, 1.165) is 5.56 Å². The van der Waals surface area contributed by atoms with Gasteiger partial charge in [0.15, 0.2) is 0 Å². The second-order valence-corrected chi connectivity index (χ2v) is 3.28. The van der Waals surface area contributed by atoms with E-state index < -0.39 is 0 Å². The largest absolute Gasteiger partial charge is 0.384 e. The van der Waals surface area contributed by atoms with Gasteiger partial charge in [0.1, 0.15) is 5.84 Å². The van der Waals surface area contributed by atoms with Crippen molar-refractivity contribution in [2.45, 2.75) is 18.8 Å². The first-order chi connectivity index (χ1) is 5.79. The van der Waals surface area contributed by atoms with E-state index in [-0.39, 0.29) is 5.84 Å². The van der Waals surface area contributed by atoms with Crippen LogP contribution < -0.4 is 5.73 Å². The van der Waals surface area contributed by atoms with Gasteiger partial charge >= 0.3 is 0 Å². The number of hydrogen-bond donors (Lipinski definition) is 2. The zero-order chi connectivity index (χ0) is 8.55. The van der Waals surface area contributed by atoms with Crippen LogP contribution in [0.15, 0.2) is 24.3 Å². The first-order valence-corrected chi connectivity index (χ1v) is 4.22. The fourth-order valence-electron chi connectivity index (χ4n) is 1.49. The van der Waals surface area contributed by atoms with Crippen molar-refractivity contribution in [3.63, 3.8) is 0 Å². The lowest BCUT2D eigenvalue weighted by molar-refractivity contribution is 1.12. The molecule has 3 N–H and O–H groups in total. The molecule has 1 aromatic carbocycles. The molecule has 0 amide bonds. The molecule has 2 nitrogen and oxygen atoms in total. The quantitative estimate of drug-likeness (QED) is 0.503. The number of hydrogen-bond acceptors (Lipinski definition) is 1. The molecule has 0 aromatic heterocycles. The maximum atomic E-state index is 7.38. The Kier molecular flexibility index (Phi) is 1.61. The number of benzene rings is 1. The lowest BCUT2D eigenvalue weighted by Crippen LogP contribution is -2.13. The molecule has 62 valence electrons. The summed E-state index contributed by atoms with van der Waals surface area (Å²) >= 11 is 0. The maximum Gasteiger partial charge on any atom is 0.123 e. The van der Waals surface area contributed by atoms with E-state index in [1.54, 1.807) is 0 Å². The summed E-state index contributed by atoms with van der Waals surface area (Å²) in [6, 6.07) is 7.95. The van der Waals surface area contributed by atoms with Gasteiger partial charge in [-0.15, -0.1) is 0 Å². The monoisotopic (exact) mass is 160 g/mol. The number of nitrogens with one attached hydrogen (secondary N) is 1. The van der Waals surface area contributed by atoms with Gasteiger partial charge in [0.25, 0.3) is 0 Å². The molecule has 0 heterocycles. The van der Waals surface area contributed by atoms with Crippen molar-refractivity contribution in [3.05, 3.63) is 35.4 Å². The average Bonchev–Trinajstić information content (AvgIpc) is 2.87. The summed E-state index contributed by atoms with van der Waals surface area (Å²) in [5.74, 6) is 0.864. The molecule has 1 fully saturated rings. The minimum Gasteiger partial charge on any atom is -0.384 e. The molecule has 0 spiro atoms. The summed E-state index contributed by atoms with van der Waals surface area (Å²) < 4.78 is 0. The van der Waals surface area contributed by atoms with Gasteiger partial charge in [-0.05, 0) is 24.3 Å². The van der Waals surface area contributed by atoms with E-state index in [9.17, 15) is 0 Å². The summed E-state index contributed by atoms with van der Waals surface area (Å²) in [6.45, 7) is 0. The second kappa shape index (κ2) is 2.63. The lowest BCUT2D eigenvalue weighted by atomic mass is 10.0. The molecular formula is C10H12N2. The predicted octanol–water partition coefficient (Wildman–Crippen LogP) is 1.85. The van der Waals surface area contributed by atoms with E-state index in [0.29, 0.717) is 5.92 Å². The molecule has 0 saturated heterocycles. The Morgan fingerprint density at radius 1 is 1.33 bits per heavy atom. The van der Waals surface area contributed by atoms with Crippen molar-refractivity contribution in [1.29, 1.82) is 5.41 Å². The number of amidine groups is 1. The molecule has 0 bridgehead atoms. The minimum absolute atomic E-state index is 0.192. The zero-order valence-corrected chi connectivity index (χ0v) is 6.88. The van der Waals surface area contributed by atoms with Crippen LogP contribution in [0.1, 0.15) is 29.9 Å². The Hall–Kier alpha value is -1.31. The number of nitrogens with two attached hydrogens (primary N) is 1. The molecule has 0 aliphatic heterocycles. The fraction of sp³-hybridized carbons (Fsp3) is 0.300. The van der Waals surface area contributed by atoms with Gasteiger partial charge in [0, 0.05) is 5.56 Å². The Bertz CT molecular complexity index is 313. The van der Waals surface area contributed by atoms with Gasteiger partial charge in [-0.3, -0.25) is 5.41 Å².